The molecule has 0 aliphatic carbocycles. The molecule has 0 spiro atoms. The topological polar surface area (TPSA) is 140 Å². The van der Waals surface area contributed by atoms with Crippen LogP contribution in [0.1, 0.15) is 34.2 Å². The lowest BCUT2D eigenvalue weighted by molar-refractivity contribution is -0.125. The van der Waals surface area contributed by atoms with Crippen LogP contribution in [0.2, 0.25) is 0 Å². The second-order valence-corrected chi connectivity index (χ2v) is 10.2. The molecule has 3 aliphatic heterocycles. The number of piperazine rings is 1. The second kappa shape index (κ2) is 9.87. The average Bonchev–Trinajstić information content (AvgIpc) is 3.62. The molecule has 40 heavy (non-hydrogen) atoms. The van der Waals surface area contributed by atoms with Crippen molar-refractivity contribution in [3.63, 3.8) is 0 Å². The number of hydrogen-bond donors (Lipinski definition) is 3. The molecule has 12 nitrogen and oxygen atoms in total. The molecule has 3 aromatic rings. The number of benzene rings is 2. The molecule has 0 saturated carbocycles. The predicted molar refractivity (Wildman–Crippen MR) is 144 cm³/mol. The third kappa shape index (κ3) is 4.20. The molecule has 1 atom stereocenters. The van der Waals surface area contributed by atoms with Crippen LogP contribution in [0.15, 0.2) is 52.0 Å². The number of carbonyl (C=O) groups is 3. The van der Waals surface area contributed by atoms with Crippen LogP contribution < -0.4 is 15.4 Å². The quantitative estimate of drug-likeness (QED) is 0.140. The zero-order valence-corrected chi connectivity index (χ0v) is 22.3. The highest BCUT2D eigenvalue weighted by atomic mass is 16.5. The molecule has 0 unspecified atom stereocenters. The van der Waals surface area contributed by atoms with Crippen molar-refractivity contribution in [2.75, 3.05) is 46.4 Å². The number of amidine groups is 1. The minimum Gasteiger partial charge on any atom is -0.497 e. The van der Waals surface area contributed by atoms with E-state index in [1.807, 2.05) is 17.0 Å². The molecule has 208 valence electrons. The number of carbonyl (C=O) groups excluding carboxylic acids is 3. The number of nitrogens with one attached hydrogen (secondary N) is 2. The summed E-state index contributed by atoms with van der Waals surface area (Å²) in [6, 6.07) is 11.6. The van der Waals surface area contributed by atoms with Crippen molar-refractivity contribution in [1.82, 2.24) is 25.3 Å². The number of fused-ring (bicyclic) bond motifs is 2. The fraction of sp³-hybridized carbons (Fsp3) is 0.357. The Balaban J connectivity index is 1.31. The molecule has 0 radical (unpaired) electrons. The lowest BCUT2D eigenvalue weighted by Crippen LogP contribution is -2.52. The van der Waals surface area contributed by atoms with Gasteiger partial charge in [-0.25, -0.2) is 4.79 Å². The van der Waals surface area contributed by atoms with Crippen molar-refractivity contribution in [1.29, 1.82) is 0 Å². The molecular weight excluding hydrogens is 516 g/mol. The third-order valence-corrected chi connectivity index (χ3v) is 7.97. The molecule has 4 heterocycles. The molecule has 3 aliphatic rings. The van der Waals surface area contributed by atoms with Gasteiger partial charge in [-0.1, -0.05) is 18.1 Å². The number of amides is 4. The van der Waals surface area contributed by atoms with Gasteiger partial charge < -0.3 is 34.4 Å². The van der Waals surface area contributed by atoms with Crippen LogP contribution in [-0.4, -0.2) is 90.0 Å². The average molecular weight is 547 g/mol. The van der Waals surface area contributed by atoms with E-state index in [1.165, 1.54) is 12.0 Å². The van der Waals surface area contributed by atoms with Crippen molar-refractivity contribution < 1.29 is 28.7 Å². The van der Waals surface area contributed by atoms with Crippen molar-refractivity contribution in [2.24, 2.45) is 5.16 Å². The van der Waals surface area contributed by atoms with Gasteiger partial charge in [0.25, 0.3) is 11.8 Å². The van der Waals surface area contributed by atoms with Crippen molar-refractivity contribution >= 4 is 34.7 Å². The van der Waals surface area contributed by atoms with Gasteiger partial charge in [-0.2, -0.15) is 0 Å². The number of nitrogens with zero attached hydrogens (tertiary/aromatic N) is 4. The van der Waals surface area contributed by atoms with Crippen LogP contribution in [-0.2, 0) is 16.9 Å². The maximum atomic E-state index is 13.3. The van der Waals surface area contributed by atoms with E-state index in [1.54, 1.807) is 30.3 Å². The first kappa shape index (κ1) is 25.7. The van der Waals surface area contributed by atoms with Gasteiger partial charge in [-0.3, -0.25) is 14.9 Å². The van der Waals surface area contributed by atoms with E-state index in [2.05, 4.69) is 27.6 Å². The molecule has 3 N–H and O–H groups in total. The fourth-order valence-corrected chi connectivity index (χ4v) is 5.71. The largest absolute Gasteiger partial charge is 0.497 e. The zero-order valence-electron chi connectivity index (χ0n) is 22.3. The highest BCUT2D eigenvalue weighted by Crippen LogP contribution is 2.35. The number of furan rings is 1. The number of oxime groups is 1. The summed E-state index contributed by atoms with van der Waals surface area (Å²) in [4.78, 5) is 44.8. The highest BCUT2D eigenvalue weighted by Gasteiger charge is 2.53. The van der Waals surface area contributed by atoms with E-state index in [-0.39, 0.29) is 24.8 Å². The van der Waals surface area contributed by atoms with E-state index in [0.717, 1.165) is 38.3 Å². The van der Waals surface area contributed by atoms with Crippen molar-refractivity contribution in [2.45, 2.75) is 19.0 Å². The Bertz CT molecular complexity index is 1540. The molecule has 6 rings (SSSR count). The van der Waals surface area contributed by atoms with Crippen LogP contribution in [0.3, 0.4) is 0 Å². The van der Waals surface area contributed by atoms with Gasteiger partial charge in [0.2, 0.25) is 0 Å². The first-order chi connectivity index (χ1) is 19.3. The first-order valence-corrected chi connectivity index (χ1v) is 13.2. The number of imide groups is 1. The van der Waals surface area contributed by atoms with Crippen molar-refractivity contribution in [3.8, 4) is 5.75 Å². The predicted octanol–water partition coefficient (Wildman–Crippen LogP) is 1.91. The smallest absolute Gasteiger partial charge is 0.322 e. The Morgan fingerprint density at radius 3 is 2.58 bits per heavy atom. The Hall–Kier alpha value is -4.58. The summed E-state index contributed by atoms with van der Waals surface area (Å²) < 4.78 is 11.4. The van der Waals surface area contributed by atoms with Crippen LogP contribution in [0.4, 0.5) is 4.79 Å². The molecule has 2 fully saturated rings. The van der Waals surface area contributed by atoms with E-state index >= 15 is 0 Å². The summed E-state index contributed by atoms with van der Waals surface area (Å²) >= 11 is 0. The van der Waals surface area contributed by atoms with Gasteiger partial charge in [-0.15, -0.1) is 0 Å². The summed E-state index contributed by atoms with van der Waals surface area (Å²) in [5, 5.41) is 19.1. The lowest BCUT2D eigenvalue weighted by atomic mass is 9.95. The van der Waals surface area contributed by atoms with Gasteiger partial charge in [0, 0.05) is 49.2 Å². The number of methoxy groups -OCH3 is 1. The summed E-state index contributed by atoms with van der Waals surface area (Å²) in [5.74, 6) is 0.333. The van der Waals surface area contributed by atoms with Gasteiger partial charge >= 0.3 is 6.03 Å². The molecule has 0 bridgehead atoms. The van der Waals surface area contributed by atoms with Crippen LogP contribution in [0.5, 0.6) is 5.75 Å². The molecule has 2 saturated heterocycles. The minimum absolute atomic E-state index is 0.127. The third-order valence-electron chi connectivity index (χ3n) is 7.97. The zero-order chi connectivity index (χ0) is 28.0. The van der Waals surface area contributed by atoms with E-state index < -0.39 is 17.5 Å². The molecule has 2 aromatic carbocycles. The van der Waals surface area contributed by atoms with E-state index in [4.69, 9.17) is 9.15 Å². The molecule has 1 aromatic heterocycles. The summed E-state index contributed by atoms with van der Waals surface area (Å²) in [5.41, 5.74) is 0.850. The lowest BCUT2D eigenvalue weighted by Gasteiger charge is -2.35. The van der Waals surface area contributed by atoms with Crippen LogP contribution >= 0.6 is 0 Å². The Morgan fingerprint density at radius 1 is 1.10 bits per heavy atom. The molecular formula is C28H30N6O6. The van der Waals surface area contributed by atoms with Gasteiger partial charge in [0.15, 0.2) is 11.4 Å². The van der Waals surface area contributed by atoms with Crippen LogP contribution in [0, 0.1) is 0 Å². The van der Waals surface area contributed by atoms with E-state index in [9.17, 15) is 19.6 Å². The van der Waals surface area contributed by atoms with Gasteiger partial charge in [0.05, 0.1) is 13.7 Å². The summed E-state index contributed by atoms with van der Waals surface area (Å²) in [7, 11) is 1.53. The summed E-state index contributed by atoms with van der Waals surface area (Å²) in [6.07, 6.45) is 0. The molecule has 4 amide bonds. The Kier molecular flexibility index (Phi) is 6.34. The fourth-order valence-electron chi connectivity index (χ4n) is 5.71. The monoisotopic (exact) mass is 546 g/mol. The number of urea groups is 1. The maximum absolute atomic E-state index is 13.3. The minimum atomic E-state index is -1.62. The normalized spacial score (nSPS) is 21.6. The van der Waals surface area contributed by atoms with Gasteiger partial charge in [-0.05, 0) is 48.5 Å². The number of hydrogen-bond acceptors (Lipinski definition) is 8. The van der Waals surface area contributed by atoms with Crippen molar-refractivity contribution in [3.05, 3.63) is 64.9 Å². The number of likely N-dealkylation sites (N-methyl/N-ethyl adjacent to an activating group) is 1. The first-order valence-electron chi connectivity index (χ1n) is 13.2. The van der Waals surface area contributed by atoms with Crippen LogP contribution in [0.25, 0.3) is 11.0 Å². The maximum Gasteiger partial charge on any atom is 0.322 e. The number of ether oxygens (including phenoxy) is 1. The highest BCUT2D eigenvalue weighted by molar-refractivity contribution is 6.08. The summed E-state index contributed by atoms with van der Waals surface area (Å²) in [6.45, 7) is 6.44. The SMILES string of the molecule is CCN1CCN(/C(=N\O)c2ccc3oc([C@]4(CN5Cc6ccc(OC)cc6C5=O)NC(=O)NC4=O)cc3c2)CC1. The van der Waals surface area contributed by atoms with Gasteiger partial charge in [0.1, 0.15) is 17.1 Å². The molecule has 12 heteroatoms. The second-order valence-electron chi connectivity index (χ2n) is 10.2. The Morgan fingerprint density at radius 2 is 1.90 bits per heavy atom. The number of rotatable bonds is 6. The Labute approximate surface area is 230 Å². The standard InChI is InChI=1S/C28H30N6O6/c1-3-32-8-10-33(11-9-32)24(31-38)17-5-7-22-19(12-17)13-23(40-22)28(26(36)29-27(37)30-28)16-34-15-18-4-6-20(39-2)14-21(18)25(34)35/h4-7,12-14,38H,3,8-11,15-16H2,1-2H3,(H2,29,30,36,37)/b31-24-/t28-/m0/s1. The van der Waals surface area contributed by atoms with E-state index in [0.29, 0.717) is 33.7 Å².